The lowest BCUT2D eigenvalue weighted by Gasteiger charge is -2.03. The molecule has 0 fully saturated rings. The summed E-state index contributed by atoms with van der Waals surface area (Å²) in [5.41, 5.74) is 6.63. The first kappa shape index (κ1) is 12.6. The van der Waals surface area contributed by atoms with Crippen molar-refractivity contribution in [3.05, 3.63) is 24.0 Å². The van der Waals surface area contributed by atoms with Crippen LogP contribution in [0.5, 0.6) is 0 Å². The van der Waals surface area contributed by atoms with Crippen molar-refractivity contribution in [1.82, 2.24) is 20.1 Å². The molecule has 0 radical (unpaired) electrons. The van der Waals surface area contributed by atoms with Crippen molar-refractivity contribution in [2.24, 2.45) is 5.73 Å². The summed E-state index contributed by atoms with van der Waals surface area (Å²) in [6.07, 6.45) is 4.66. The minimum Gasteiger partial charge on any atom is -0.337 e. The molecule has 1 unspecified atom stereocenters. The Hall–Kier alpha value is -1.82. The summed E-state index contributed by atoms with van der Waals surface area (Å²) in [5.74, 6) is 1.60. The standard InChI is InChI=1S/C12H17N5O/c1-3-4-5-9(13)12-16-11(17-18-12)10-6-7-14-8(2)15-10/h6-7,9H,3-5,13H2,1-2H3. The van der Waals surface area contributed by atoms with E-state index in [0.717, 1.165) is 19.3 Å². The van der Waals surface area contributed by atoms with E-state index >= 15 is 0 Å². The normalized spacial score (nSPS) is 12.6. The highest BCUT2D eigenvalue weighted by Gasteiger charge is 2.15. The zero-order chi connectivity index (χ0) is 13.0. The smallest absolute Gasteiger partial charge is 0.243 e. The lowest BCUT2D eigenvalue weighted by atomic mass is 10.1. The molecule has 2 aromatic heterocycles. The molecule has 0 aliphatic rings. The van der Waals surface area contributed by atoms with E-state index in [1.165, 1.54) is 0 Å². The molecular formula is C12H17N5O. The number of hydrogen-bond donors (Lipinski definition) is 1. The van der Waals surface area contributed by atoms with Gasteiger partial charge >= 0.3 is 0 Å². The zero-order valence-electron chi connectivity index (χ0n) is 10.6. The summed E-state index contributed by atoms with van der Waals surface area (Å²) in [7, 11) is 0. The van der Waals surface area contributed by atoms with Crippen LogP contribution in [0.3, 0.4) is 0 Å². The number of aromatic nitrogens is 4. The van der Waals surface area contributed by atoms with Crippen molar-refractivity contribution < 1.29 is 4.52 Å². The SMILES string of the molecule is CCCCC(N)c1nc(-c2ccnc(C)n2)no1. The number of rotatable bonds is 5. The van der Waals surface area contributed by atoms with E-state index < -0.39 is 0 Å². The number of hydrogen-bond acceptors (Lipinski definition) is 6. The first-order chi connectivity index (χ1) is 8.70. The second kappa shape index (κ2) is 5.68. The summed E-state index contributed by atoms with van der Waals surface area (Å²) >= 11 is 0. The average molecular weight is 247 g/mol. The highest BCUT2D eigenvalue weighted by Crippen LogP contribution is 2.18. The molecule has 0 saturated heterocycles. The number of nitrogens with zero attached hydrogens (tertiary/aromatic N) is 4. The van der Waals surface area contributed by atoms with Gasteiger partial charge in [-0.15, -0.1) is 0 Å². The van der Waals surface area contributed by atoms with Crippen LogP contribution in [0.15, 0.2) is 16.8 Å². The maximum atomic E-state index is 5.97. The molecule has 0 aliphatic heterocycles. The minimum absolute atomic E-state index is 0.200. The lowest BCUT2D eigenvalue weighted by Crippen LogP contribution is -2.10. The molecule has 2 aromatic rings. The fourth-order valence-electron chi connectivity index (χ4n) is 1.62. The van der Waals surface area contributed by atoms with Crippen molar-refractivity contribution in [2.45, 2.75) is 39.2 Å². The monoisotopic (exact) mass is 247 g/mol. The molecule has 0 amide bonds. The van der Waals surface area contributed by atoms with Gasteiger partial charge in [0, 0.05) is 6.20 Å². The van der Waals surface area contributed by atoms with Gasteiger partial charge in [0.05, 0.1) is 6.04 Å². The molecule has 0 aliphatic carbocycles. The average Bonchev–Trinajstić information content (AvgIpc) is 2.85. The Kier molecular flexibility index (Phi) is 3.99. The van der Waals surface area contributed by atoms with Crippen molar-refractivity contribution >= 4 is 0 Å². The van der Waals surface area contributed by atoms with E-state index in [2.05, 4.69) is 27.0 Å². The summed E-state index contributed by atoms with van der Waals surface area (Å²) < 4.78 is 5.17. The van der Waals surface area contributed by atoms with Crippen molar-refractivity contribution in [3.8, 4) is 11.5 Å². The van der Waals surface area contributed by atoms with Crippen LogP contribution in [0.2, 0.25) is 0 Å². The van der Waals surface area contributed by atoms with E-state index in [4.69, 9.17) is 10.3 Å². The van der Waals surface area contributed by atoms with Gasteiger partial charge in [-0.3, -0.25) is 0 Å². The van der Waals surface area contributed by atoms with E-state index in [0.29, 0.717) is 23.2 Å². The predicted octanol–water partition coefficient (Wildman–Crippen LogP) is 2.03. The van der Waals surface area contributed by atoms with Crippen LogP contribution in [-0.2, 0) is 0 Å². The molecular weight excluding hydrogens is 230 g/mol. The Morgan fingerprint density at radius 3 is 2.94 bits per heavy atom. The molecule has 0 bridgehead atoms. The molecule has 2 heterocycles. The summed E-state index contributed by atoms with van der Waals surface area (Å²) in [6.45, 7) is 3.94. The zero-order valence-corrected chi connectivity index (χ0v) is 10.6. The van der Waals surface area contributed by atoms with Gasteiger partial charge in [0.2, 0.25) is 11.7 Å². The first-order valence-electron chi connectivity index (χ1n) is 6.10. The van der Waals surface area contributed by atoms with Crippen LogP contribution >= 0.6 is 0 Å². The molecule has 1 atom stereocenters. The predicted molar refractivity (Wildman–Crippen MR) is 66.5 cm³/mol. The third-order valence-electron chi connectivity index (χ3n) is 2.63. The van der Waals surface area contributed by atoms with Crippen LogP contribution < -0.4 is 5.73 Å². The Morgan fingerprint density at radius 1 is 1.39 bits per heavy atom. The van der Waals surface area contributed by atoms with Gasteiger partial charge in [0.25, 0.3) is 0 Å². The van der Waals surface area contributed by atoms with Crippen molar-refractivity contribution in [2.75, 3.05) is 0 Å². The van der Waals surface area contributed by atoms with Gasteiger partial charge in [0.15, 0.2) is 0 Å². The largest absolute Gasteiger partial charge is 0.337 e. The maximum absolute atomic E-state index is 5.97. The highest BCUT2D eigenvalue weighted by atomic mass is 16.5. The Morgan fingerprint density at radius 2 is 2.22 bits per heavy atom. The van der Waals surface area contributed by atoms with Crippen LogP contribution in [0.1, 0.15) is 43.9 Å². The fraction of sp³-hybridized carbons (Fsp3) is 0.500. The molecule has 2 rings (SSSR count). The second-order valence-corrected chi connectivity index (χ2v) is 4.19. The van der Waals surface area contributed by atoms with Gasteiger partial charge < -0.3 is 10.3 Å². The number of aryl methyl sites for hydroxylation is 1. The molecule has 0 saturated carbocycles. The molecule has 6 nitrogen and oxygen atoms in total. The molecule has 96 valence electrons. The van der Waals surface area contributed by atoms with E-state index in [1.54, 1.807) is 12.3 Å². The van der Waals surface area contributed by atoms with Crippen LogP contribution in [0, 0.1) is 6.92 Å². The number of unbranched alkanes of at least 4 members (excludes halogenated alkanes) is 1. The lowest BCUT2D eigenvalue weighted by molar-refractivity contribution is 0.346. The van der Waals surface area contributed by atoms with Crippen molar-refractivity contribution in [1.29, 1.82) is 0 Å². The summed E-state index contributed by atoms with van der Waals surface area (Å²) in [6, 6.07) is 1.55. The molecule has 2 N–H and O–H groups in total. The van der Waals surface area contributed by atoms with Gasteiger partial charge in [-0.1, -0.05) is 24.9 Å². The van der Waals surface area contributed by atoms with E-state index in [1.807, 2.05) is 6.92 Å². The topological polar surface area (TPSA) is 90.7 Å². The van der Waals surface area contributed by atoms with Crippen LogP contribution in [-0.4, -0.2) is 20.1 Å². The van der Waals surface area contributed by atoms with E-state index in [-0.39, 0.29) is 6.04 Å². The minimum atomic E-state index is -0.200. The Bertz CT molecular complexity index is 511. The third kappa shape index (κ3) is 2.89. The van der Waals surface area contributed by atoms with E-state index in [9.17, 15) is 0 Å². The Labute approximate surface area is 106 Å². The molecule has 0 aromatic carbocycles. The van der Waals surface area contributed by atoms with Crippen LogP contribution in [0.4, 0.5) is 0 Å². The van der Waals surface area contributed by atoms with Crippen LogP contribution in [0.25, 0.3) is 11.5 Å². The molecule has 6 heteroatoms. The summed E-state index contributed by atoms with van der Waals surface area (Å²) in [4.78, 5) is 12.5. The second-order valence-electron chi connectivity index (χ2n) is 4.19. The quantitative estimate of drug-likeness (QED) is 0.869. The van der Waals surface area contributed by atoms with Gasteiger partial charge in [-0.25, -0.2) is 9.97 Å². The third-order valence-corrected chi connectivity index (χ3v) is 2.63. The van der Waals surface area contributed by atoms with Gasteiger partial charge in [-0.2, -0.15) is 4.98 Å². The fourth-order valence-corrected chi connectivity index (χ4v) is 1.62. The summed E-state index contributed by atoms with van der Waals surface area (Å²) in [5, 5.41) is 3.90. The Balaban J connectivity index is 2.15. The van der Waals surface area contributed by atoms with Gasteiger partial charge in [-0.05, 0) is 19.4 Å². The maximum Gasteiger partial charge on any atom is 0.243 e. The van der Waals surface area contributed by atoms with Crippen molar-refractivity contribution in [3.63, 3.8) is 0 Å². The molecule has 0 spiro atoms. The number of nitrogens with two attached hydrogens (primary N) is 1. The highest BCUT2D eigenvalue weighted by molar-refractivity contribution is 5.46. The first-order valence-corrected chi connectivity index (χ1v) is 6.10. The molecule has 18 heavy (non-hydrogen) atoms. The van der Waals surface area contributed by atoms with Gasteiger partial charge in [0.1, 0.15) is 11.5 Å².